The Morgan fingerprint density at radius 1 is 1.29 bits per heavy atom. The molecule has 1 rings (SSSR count). The molecule has 0 bridgehead atoms. The third-order valence-electron chi connectivity index (χ3n) is 2.01. The van der Waals surface area contributed by atoms with Crippen LogP contribution in [0, 0.1) is 0 Å². The van der Waals surface area contributed by atoms with Crippen LogP contribution in [0.4, 0.5) is 16.2 Å². The molecule has 1 aromatic rings. The Kier molecular flexibility index (Phi) is 3.99. The summed E-state index contributed by atoms with van der Waals surface area (Å²) in [5.41, 5.74) is 1.27. The van der Waals surface area contributed by atoms with E-state index >= 15 is 0 Å². The average Bonchev–Trinajstić information content (AvgIpc) is 2.14. The lowest BCUT2D eigenvalue weighted by molar-refractivity contribution is 0.0636. The number of amides is 1. The van der Waals surface area contributed by atoms with Crippen LogP contribution in [0.15, 0.2) is 24.3 Å². The normalized spacial score (nSPS) is 10.9. The van der Waals surface area contributed by atoms with E-state index in [4.69, 9.17) is 4.74 Å². The number of hydrogen-bond donors (Lipinski definition) is 1. The topological polar surface area (TPSA) is 41.6 Å². The predicted molar refractivity (Wildman–Crippen MR) is 70.6 cm³/mol. The molecule has 0 aliphatic rings. The van der Waals surface area contributed by atoms with Gasteiger partial charge in [0.2, 0.25) is 0 Å². The first kappa shape index (κ1) is 13.4. The van der Waals surface area contributed by atoms with E-state index in [1.807, 2.05) is 64.0 Å². The summed E-state index contributed by atoms with van der Waals surface area (Å²) < 4.78 is 5.18. The number of nitrogens with one attached hydrogen (secondary N) is 1. The maximum atomic E-state index is 11.6. The van der Waals surface area contributed by atoms with Crippen LogP contribution in [0.3, 0.4) is 0 Å². The molecule has 0 saturated carbocycles. The van der Waals surface area contributed by atoms with Gasteiger partial charge in [-0.2, -0.15) is 0 Å². The number of ether oxygens (including phenoxy) is 1. The lowest BCUT2D eigenvalue weighted by Gasteiger charge is -2.20. The zero-order valence-corrected chi connectivity index (χ0v) is 11.1. The molecule has 4 heteroatoms. The van der Waals surface area contributed by atoms with Crippen LogP contribution in [0.1, 0.15) is 20.8 Å². The van der Waals surface area contributed by atoms with Gasteiger partial charge in [0.15, 0.2) is 0 Å². The molecule has 17 heavy (non-hydrogen) atoms. The third-order valence-corrected chi connectivity index (χ3v) is 2.01. The summed E-state index contributed by atoms with van der Waals surface area (Å²) in [4.78, 5) is 13.5. The van der Waals surface area contributed by atoms with Crippen LogP contribution < -0.4 is 10.2 Å². The molecule has 0 unspecified atom stereocenters. The third kappa shape index (κ3) is 4.76. The maximum Gasteiger partial charge on any atom is 0.412 e. The van der Waals surface area contributed by atoms with Gasteiger partial charge in [0.25, 0.3) is 0 Å². The van der Waals surface area contributed by atoms with Crippen LogP contribution >= 0.6 is 0 Å². The van der Waals surface area contributed by atoms with Gasteiger partial charge in [-0.05, 0) is 39.0 Å². The van der Waals surface area contributed by atoms with Crippen LogP contribution in [0.5, 0.6) is 0 Å². The monoisotopic (exact) mass is 236 g/mol. The van der Waals surface area contributed by atoms with Crippen molar-refractivity contribution in [1.82, 2.24) is 0 Å². The maximum absolute atomic E-state index is 11.6. The molecule has 0 aliphatic heterocycles. The van der Waals surface area contributed by atoms with Gasteiger partial charge in [0.1, 0.15) is 5.60 Å². The zero-order valence-electron chi connectivity index (χ0n) is 11.1. The van der Waals surface area contributed by atoms with Crippen molar-refractivity contribution in [2.24, 2.45) is 0 Å². The Morgan fingerprint density at radius 2 is 1.94 bits per heavy atom. The van der Waals surface area contributed by atoms with Gasteiger partial charge in [0.05, 0.1) is 0 Å². The summed E-state index contributed by atoms with van der Waals surface area (Å²) in [5, 5.41) is 2.71. The highest BCUT2D eigenvalue weighted by Crippen LogP contribution is 2.18. The molecular weight excluding hydrogens is 216 g/mol. The highest BCUT2D eigenvalue weighted by Gasteiger charge is 2.16. The fourth-order valence-electron chi connectivity index (χ4n) is 1.28. The second-order valence-electron chi connectivity index (χ2n) is 5.07. The molecule has 4 nitrogen and oxygen atoms in total. The second-order valence-corrected chi connectivity index (χ2v) is 5.07. The molecule has 1 aromatic carbocycles. The molecule has 0 atom stereocenters. The minimum Gasteiger partial charge on any atom is -0.444 e. The molecule has 0 saturated heterocycles. The Bertz CT molecular complexity index is 395. The Balaban J connectivity index is 2.69. The molecule has 94 valence electrons. The Labute approximate surface area is 103 Å². The van der Waals surface area contributed by atoms with E-state index in [0.717, 1.165) is 11.4 Å². The van der Waals surface area contributed by atoms with Crippen molar-refractivity contribution in [3.05, 3.63) is 24.3 Å². The van der Waals surface area contributed by atoms with Crippen molar-refractivity contribution >= 4 is 17.5 Å². The van der Waals surface area contributed by atoms with Gasteiger partial charge in [-0.15, -0.1) is 0 Å². The largest absolute Gasteiger partial charge is 0.444 e. The number of carbonyl (C=O) groups is 1. The van der Waals surface area contributed by atoms with Gasteiger partial charge in [-0.1, -0.05) is 6.07 Å². The van der Waals surface area contributed by atoms with Gasteiger partial charge in [0, 0.05) is 25.5 Å². The molecule has 0 aromatic heterocycles. The predicted octanol–water partition coefficient (Wildman–Crippen LogP) is 3.10. The lowest BCUT2D eigenvalue weighted by atomic mass is 10.2. The lowest BCUT2D eigenvalue weighted by Crippen LogP contribution is -2.27. The van der Waals surface area contributed by atoms with E-state index in [1.54, 1.807) is 0 Å². The van der Waals surface area contributed by atoms with Crippen molar-refractivity contribution in [2.75, 3.05) is 24.3 Å². The van der Waals surface area contributed by atoms with E-state index in [0.29, 0.717) is 0 Å². The van der Waals surface area contributed by atoms with Crippen molar-refractivity contribution in [1.29, 1.82) is 0 Å². The van der Waals surface area contributed by atoms with Crippen LogP contribution in [-0.2, 0) is 4.74 Å². The molecule has 0 radical (unpaired) electrons. The van der Waals surface area contributed by atoms with E-state index in [9.17, 15) is 4.79 Å². The van der Waals surface area contributed by atoms with Crippen LogP contribution in [-0.4, -0.2) is 25.8 Å². The summed E-state index contributed by atoms with van der Waals surface area (Å²) in [6.45, 7) is 5.51. The number of anilines is 2. The number of nitrogens with zero attached hydrogens (tertiary/aromatic N) is 1. The first-order valence-corrected chi connectivity index (χ1v) is 5.55. The average molecular weight is 236 g/mol. The zero-order chi connectivity index (χ0) is 13.1. The van der Waals surface area contributed by atoms with Crippen molar-refractivity contribution in [2.45, 2.75) is 26.4 Å². The standard InChI is InChI=1S/C13H20N2O2/c1-13(2,3)17-12(16)14-10-7-6-8-11(9-10)15(4)5/h6-9H,1-5H3,(H,14,16). The van der Waals surface area contributed by atoms with E-state index in [-0.39, 0.29) is 0 Å². The summed E-state index contributed by atoms with van der Waals surface area (Å²) >= 11 is 0. The molecule has 0 fully saturated rings. The first-order chi connectivity index (χ1) is 7.78. The van der Waals surface area contributed by atoms with Crippen molar-refractivity contribution in [3.63, 3.8) is 0 Å². The molecule has 1 amide bonds. The number of benzene rings is 1. The molecular formula is C13H20N2O2. The summed E-state index contributed by atoms with van der Waals surface area (Å²) in [7, 11) is 3.90. The fraction of sp³-hybridized carbons (Fsp3) is 0.462. The van der Waals surface area contributed by atoms with Gasteiger partial charge in [-0.25, -0.2) is 4.79 Å². The first-order valence-electron chi connectivity index (χ1n) is 5.55. The Morgan fingerprint density at radius 3 is 2.47 bits per heavy atom. The highest BCUT2D eigenvalue weighted by molar-refractivity contribution is 5.85. The Hall–Kier alpha value is -1.71. The minimum atomic E-state index is -0.483. The van der Waals surface area contributed by atoms with Crippen molar-refractivity contribution in [3.8, 4) is 0 Å². The SMILES string of the molecule is CN(C)c1cccc(NC(=O)OC(C)(C)C)c1. The summed E-state index contributed by atoms with van der Waals surface area (Å²) in [6, 6.07) is 7.59. The van der Waals surface area contributed by atoms with Crippen molar-refractivity contribution < 1.29 is 9.53 Å². The number of rotatable bonds is 2. The number of carbonyl (C=O) groups excluding carboxylic acids is 1. The highest BCUT2D eigenvalue weighted by atomic mass is 16.6. The van der Waals surface area contributed by atoms with Crippen LogP contribution in [0.25, 0.3) is 0 Å². The van der Waals surface area contributed by atoms with Gasteiger partial charge >= 0.3 is 6.09 Å². The van der Waals surface area contributed by atoms with Gasteiger partial charge in [-0.3, -0.25) is 5.32 Å². The molecule has 0 heterocycles. The minimum absolute atomic E-state index is 0.437. The second kappa shape index (κ2) is 5.08. The fourth-order valence-corrected chi connectivity index (χ4v) is 1.28. The summed E-state index contributed by atoms with van der Waals surface area (Å²) in [6.07, 6.45) is -0.437. The van der Waals surface area contributed by atoms with E-state index in [2.05, 4.69) is 5.32 Å². The van der Waals surface area contributed by atoms with Gasteiger partial charge < -0.3 is 9.64 Å². The molecule has 0 spiro atoms. The summed E-state index contributed by atoms with van der Waals surface area (Å²) in [5.74, 6) is 0. The van der Waals surface area contributed by atoms with Crippen LogP contribution in [0.2, 0.25) is 0 Å². The quantitative estimate of drug-likeness (QED) is 0.857. The molecule has 1 N–H and O–H groups in total. The molecule has 0 aliphatic carbocycles. The van der Waals surface area contributed by atoms with E-state index in [1.165, 1.54) is 0 Å². The van der Waals surface area contributed by atoms with E-state index < -0.39 is 11.7 Å². The number of hydrogen-bond acceptors (Lipinski definition) is 3. The smallest absolute Gasteiger partial charge is 0.412 e.